The molecule has 19 heavy (non-hydrogen) atoms. The van der Waals surface area contributed by atoms with E-state index in [1.807, 2.05) is 28.9 Å². The average Bonchev–Trinajstić information content (AvgIpc) is 3.01. The molecular weight excluding hydrogens is 262 g/mol. The molecule has 2 heterocycles. The van der Waals surface area contributed by atoms with E-state index in [4.69, 9.17) is 16.3 Å². The van der Waals surface area contributed by atoms with Crippen molar-refractivity contribution in [2.45, 2.75) is 25.5 Å². The fourth-order valence-electron chi connectivity index (χ4n) is 2.71. The summed E-state index contributed by atoms with van der Waals surface area (Å²) < 4.78 is 7.95. The lowest BCUT2D eigenvalue weighted by Gasteiger charge is -2.29. The number of aromatic nitrogens is 3. The summed E-state index contributed by atoms with van der Waals surface area (Å²) in [4.78, 5) is 4.00. The van der Waals surface area contributed by atoms with Crippen molar-refractivity contribution >= 4 is 11.6 Å². The van der Waals surface area contributed by atoms with E-state index in [1.165, 1.54) is 0 Å². The lowest BCUT2D eigenvalue weighted by Crippen LogP contribution is -2.31. The van der Waals surface area contributed by atoms with E-state index in [9.17, 15) is 0 Å². The summed E-state index contributed by atoms with van der Waals surface area (Å²) in [5, 5.41) is 4.93. The summed E-state index contributed by atoms with van der Waals surface area (Å²) in [5.41, 5.74) is 0.828. The molecule has 0 aliphatic carbocycles. The number of nitrogens with zero attached hydrogens (tertiary/aromatic N) is 3. The van der Waals surface area contributed by atoms with Gasteiger partial charge in [-0.2, -0.15) is 5.10 Å². The van der Waals surface area contributed by atoms with E-state index < -0.39 is 0 Å². The van der Waals surface area contributed by atoms with Gasteiger partial charge in [-0.1, -0.05) is 30.7 Å². The van der Waals surface area contributed by atoms with E-state index in [0.717, 1.165) is 23.6 Å². The first-order chi connectivity index (χ1) is 9.18. The van der Waals surface area contributed by atoms with Gasteiger partial charge in [0.05, 0.1) is 13.2 Å². The van der Waals surface area contributed by atoms with Crippen LogP contribution in [0, 0.1) is 5.92 Å². The van der Waals surface area contributed by atoms with E-state index in [0.29, 0.717) is 12.5 Å². The van der Waals surface area contributed by atoms with Gasteiger partial charge in [0.2, 0.25) is 0 Å². The molecule has 2 atom stereocenters. The van der Waals surface area contributed by atoms with Gasteiger partial charge in [0, 0.05) is 5.02 Å². The Balaban J connectivity index is 1.95. The third-order valence-corrected chi connectivity index (χ3v) is 3.83. The van der Waals surface area contributed by atoms with Crippen molar-refractivity contribution in [2.75, 3.05) is 6.61 Å². The van der Waals surface area contributed by atoms with Crippen molar-refractivity contribution in [1.29, 1.82) is 0 Å². The maximum atomic E-state index is 6.12. The Morgan fingerprint density at radius 1 is 1.42 bits per heavy atom. The number of ether oxygens (including phenoxy) is 1. The highest BCUT2D eigenvalue weighted by Gasteiger charge is 2.41. The molecule has 0 amide bonds. The second-order valence-electron chi connectivity index (χ2n) is 5.21. The first-order valence-corrected chi connectivity index (χ1v) is 6.78. The molecule has 2 unspecified atom stereocenters. The highest BCUT2D eigenvalue weighted by molar-refractivity contribution is 6.30. The quantitative estimate of drug-likeness (QED) is 0.866. The van der Waals surface area contributed by atoms with Crippen LogP contribution < -0.4 is 0 Å². The summed E-state index contributed by atoms with van der Waals surface area (Å²) in [6.45, 7) is 3.66. The SMILES string of the molecule is CC1COC(Cn2cncn2)(c2ccc(Cl)cc2)C1. The molecule has 1 saturated heterocycles. The van der Waals surface area contributed by atoms with Crippen LogP contribution in [-0.4, -0.2) is 21.4 Å². The number of hydrogen-bond acceptors (Lipinski definition) is 3. The zero-order valence-electron chi connectivity index (χ0n) is 10.8. The van der Waals surface area contributed by atoms with Gasteiger partial charge in [0.1, 0.15) is 18.3 Å². The second kappa shape index (κ2) is 4.94. The molecule has 0 bridgehead atoms. The third-order valence-electron chi connectivity index (χ3n) is 3.58. The molecule has 0 spiro atoms. The van der Waals surface area contributed by atoms with Crippen LogP contribution in [0.5, 0.6) is 0 Å². The Morgan fingerprint density at radius 2 is 2.21 bits per heavy atom. The second-order valence-corrected chi connectivity index (χ2v) is 5.65. The lowest BCUT2D eigenvalue weighted by molar-refractivity contribution is -0.0176. The van der Waals surface area contributed by atoms with Crippen molar-refractivity contribution in [2.24, 2.45) is 5.92 Å². The van der Waals surface area contributed by atoms with Crippen molar-refractivity contribution in [3.8, 4) is 0 Å². The van der Waals surface area contributed by atoms with E-state index in [1.54, 1.807) is 12.7 Å². The minimum absolute atomic E-state index is 0.322. The van der Waals surface area contributed by atoms with Crippen LogP contribution in [0.3, 0.4) is 0 Å². The predicted octanol–water partition coefficient (Wildman–Crippen LogP) is 2.88. The van der Waals surface area contributed by atoms with Gasteiger partial charge < -0.3 is 4.74 Å². The first kappa shape index (κ1) is 12.6. The first-order valence-electron chi connectivity index (χ1n) is 6.40. The molecular formula is C14H16ClN3O. The molecule has 2 aromatic rings. The van der Waals surface area contributed by atoms with Crippen LogP contribution in [0.25, 0.3) is 0 Å². The van der Waals surface area contributed by atoms with Crippen molar-refractivity contribution in [1.82, 2.24) is 14.8 Å². The molecule has 0 N–H and O–H groups in total. The Labute approximate surface area is 117 Å². The summed E-state index contributed by atoms with van der Waals surface area (Å²) >= 11 is 5.97. The zero-order valence-corrected chi connectivity index (χ0v) is 11.5. The minimum Gasteiger partial charge on any atom is -0.368 e. The molecule has 1 aromatic carbocycles. The van der Waals surface area contributed by atoms with E-state index >= 15 is 0 Å². The van der Waals surface area contributed by atoms with Crippen LogP contribution in [-0.2, 0) is 16.9 Å². The molecule has 1 aliphatic heterocycles. The number of halogens is 1. The van der Waals surface area contributed by atoms with Gasteiger partial charge in [-0.25, -0.2) is 9.67 Å². The molecule has 3 rings (SSSR count). The van der Waals surface area contributed by atoms with Crippen molar-refractivity contribution in [3.05, 3.63) is 47.5 Å². The average molecular weight is 278 g/mol. The maximum Gasteiger partial charge on any atom is 0.137 e. The monoisotopic (exact) mass is 277 g/mol. The van der Waals surface area contributed by atoms with Crippen LogP contribution in [0.1, 0.15) is 18.9 Å². The smallest absolute Gasteiger partial charge is 0.137 e. The topological polar surface area (TPSA) is 39.9 Å². The van der Waals surface area contributed by atoms with Crippen molar-refractivity contribution in [3.63, 3.8) is 0 Å². The molecule has 1 aliphatic rings. The van der Waals surface area contributed by atoms with Gasteiger partial charge in [-0.05, 0) is 30.0 Å². The standard InChI is InChI=1S/C14H16ClN3O/c1-11-6-14(19-7-11,8-18-10-16-9-17-18)12-2-4-13(15)5-3-12/h2-5,9-11H,6-8H2,1H3. The normalized spacial score (nSPS) is 26.7. The van der Waals surface area contributed by atoms with Crippen LogP contribution in [0.2, 0.25) is 5.02 Å². The Bertz CT molecular complexity index is 540. The fraction of sp³-hybridized carbons (Fsp3) is 0.429. The molecule has 4 nitrogen and oxygen atoms in total. The zero-order chi connectivity index (χ0) is 13.3. The summed E-state index contributed by atoms with van der Waals surface area (Å²) in [7, 11) is 0. The molecule has 0 radical (unpaired) electrons. The van der Waals surface area contributed by atoms with Gasteiger partial charge in [0.15, 0.2) is 0 Å². The van der Waals surface area contributed by atoms with Crippen LogP contribution >= 0.6 is 11.6 Å². The molecule has 0 saturated carbocycles. The summed E-state index contributed by atoms with van der Waals surface area (Å²) in [6.07, 6.45) is 4.26. The molecule has 1 fully saturated rings. The molecule has 100 valence electrons. The van der Waals surface area contributed by atoms with Crippen molar-refractivity contribution < 1.29 is 4.74 Å². The number of benzene rings is 1. The molecule has 1 aromatic heterocycles. The fourth-order valence-corrected chi connectivity index (χ4v) is 2.84. The number of rotatable bonds is 3. The highest BCUT2D eigenvalue weighted by atomic mass is 35.5. The largest absolute Gasteiger partial charge is 0.368 e. The van der Waals surface area contributed by atoms with E-state index in [2.05, 4.69) is 17.0 Å². The summed E-state index contributed by atoms with van der Waals surface area (Å²) in [5.74, 6) is 0.541. The Hall–Kier alpha value is -1.39. The van der Waals surface area contributed by atoms with Crippen LogP contribution in [0.4, 0.5) is 0 Å². The van der Waals surface area contributed by atoms with Gasteiger partial charge in [-0.3, -0.25) is 0 Å². The van der Waals surface area contributed by atoms with Crippen LogP contribution in [0.15, 0.2) is 36.9 Å². The van der Waals surface area contributed by atoms with Gasteiger partial charge >= 0.3 is 0 Å². The van der Waals surface area contributed by atoms with Gasteiger partial charge in [0.25, 0.3) is 0 Å². The third kappa shape index (κ3) is 2.51. The van der Waals surface area contributed by atoms with Gasteiger partial charge in [-0.15, -0.1) is 0 Å². The summed E-state index contributed by atoms with van der Waals surface area (Å²) in [6, 6.07) is 7.90. The predicted molar refractivity (Wildman–Crippen MR) is 72.9 cm³/mol. The van der Waals surface area contributed by atoms with E-state index in [-0.39, 0.29) is 5.60 Å². The molecule has 5 heteroatoms. The lowest BCUT2D eigenvalue weighted by atomic mass is 9.88. The highest BCUT2D eigenvalue weighted by Crippen LogP contribution is 2.40. The number of hydrogen-bond donors (Lipinski definition) is 0. The maximum absolute atomic E-state index is 6.12. The Kier molecular flexibility index (Phi) is 3.29. The Morgan fingerprint density at radius 3 is 2.79 bits per heavy atom. The minimum atomic E-state index is -0.322.